The van der Waals surface area contributed by atoms with Crippen LogP contribution in [-0.4, -0.2) is 47.2 Å². The van der Waals surface area contributed by atoms with Crippen molar-refractivity contribution in [2.24, 2.45) is 0 Å². The monoisotopic (exact) mass is 461 g/mol. The molecule has 2 heterocycles. The largest absolute Gasteiger partial charge is 0.337 e. The minimum Gasteiger partial charge on any atom is -0.337 e. The molecule has 1 N–H and O–H groups in total. The van der Waals surface area contributed by atoms with E-state index in [1.807, 2.05) is 60.8 Å². The van der Waals surface area contributed by atoms with E-state index in [2.05, 4.69) is 5.32 Å². The summed E-state index contributed by atoms with van der Waals surface area (Å²) < 4.78 is 0. The average molecular weight is 462 g/mol. The van der Waals surface area contributed by atoms with Crippen molar-refractivity contribution in [2.75, 3.05) is 18.9 Å². The number of amides is 3. The first-order valence-corrected chi connectivity index (χ1v) is 11.9. The molecule has 0 aliphatic carbocycles. The highest BCUT2D eigenvalue weighted by atomic mass is 32.1. The zero-order valence-electron chi connectivity index (χ0n) is 18.7. The fraction of sp³-hybridized carbons (Fsp3) is 0.269. The van der Waals surface area contributed by atoms with Gasteiger partial charge in [0.2, 0.25) is 5.91 Å². The van der Waals surface area contributed by atoms with Gasteiger partial charge in [-0.05, 0) is 61.0 Å². The Morgan fingerprint density at radius 3 is 2.58 bits per heavy atom. The third kappa shape index (κ3) is 4.98. The van der Waals surface area contributed by atoms with Crippen molar-refractivity contribution in [3.8, 4) is 0 Å². The van der Waals surface area contributed by atoms with Crippen LogP contribution in [0.15, 0.2) is 72.1 Å². The van der Waals surface area contributed by atoms with Crippen molar-refractivity contribution in [3.05, 3.63) is 88.1 Å². The molecule has 7 heteroatoms. The Bertz CT molecular complexity index is 1130. The van der Waals surface area contributed by atoms with Crippen LogP contribution in [0, 0.1) is 0 Å². The zero-order chi connectivity index (χ0) is 23.4. The molecular weight excluding hydrogens is 434 g/mol. The molecule has 0 radical (unpaired) electrons. The number of likely N-dealkylation sites (tertiary alicyclic amines) is 1. The molecule has 1 fully saturated rings. The number of nitrogens with one attached hydrogen (secondary N) is 1. The molecule has 3 amide bonds. The molecule has 1 aliphatic heterocycles. The molecule has 1 aromatic heterocycles. The van der Waals surface area contributed by atoms with Crippen molar-refractivity contribution in [1.82, 2.24) is 9.80 Å². The van der Waals surface area contributed by atoms with Crippen molar-refractivity contribution in [1.29, 1.82) is 0 Å². The molecule has 4 rings (SSSR count). The number of rotatable bonds is 6. The third-order valence-corrected chi connectivity index (χ3v) is 6.98. The van der Waals surface area contributed by atoms with E-state index in [0.29, 0.717) is 29.1 Å². The predicted octanol–water partition coefficient (Wildman–Crippen LogP) is 4.82. The normalized spacial score (nSPS) is 16.3. The highest BCUT2D eigenvalue weighted by molar-refractivity contribution is 7.12. The highest BCUT2D eigenvalue weighted by Crippen LogP contribution is 2.28. The first kappa shape index (κ1) is 22.7. The number of likely N-dealkylation sites (N-methyl/N-ethyl adjacent to an activating group) is 1. The van der Waals surface area contributed by atoms with Gasteiger partial charge in [0.15, 0.2) is 0 Å². The van der Waals surface area contributed by atoms with E-state index in [4.69, 9.17) is 0 Å². The minimum atomic E-state index is -0.451. The lowest BCUT2D eigenvalue weighted by molar-refractivity contribution is -0.135. The van der Waals surface area contributed by atoms with Gasteiger partial charge in [-0.15, -0.1) is 11.3 Å². The van der Waals surface area contributed by atoms with Gasteiger partial charge in [-0.2, -0.15) is 0 Å². The predicted molar refractivity (Wildman–Crippen MR) is 130 cm³/mol. The van der Waals surface area contributed by atoms with Crippen LogP contribution < -0.4 is 5.32 Å². The number of thiophene rings is 1. The summed E-state index contributed by atoms with van der Waals surface area (Å²) in [5.74, 6) is -0.324. The van der Waals surface area contributed by atoms with E-state index in [0.717, 1.165) is 12.0 Å². The molecule has 170 valence electrons. The van der Waals surface area contributed by atoms with Crippen LogP contribution in [0.3, 0.4) is 0 Å². The highest BCUT2D eigenvalue weighted by Gasteiger charge is 2.37. The number of benzene rings is 2. The number of hydrogen-bond donors (Lipinski definition) is 1. The minimum absolute atomic E-state index is 0.0661. The van der Waals surface area contributed by atoms with Crippen LogP contribution in [-0.2, 0) is 4.79 Å². The van der Waals surface area contributed by atoms with Crippen molar-refractivity contribution >= 4 is 34.7 Å². The van der Waals surface area contributed by atoms with Crippen LogP contribution >= 0.6 is 11.3 Å². The molecule has 1 aliphatic rings. The van der Waals surface area contributed by atoms with Gasteiger partial charge < -0.3 is 15.1 Å². The number of nitrogens with zero attached hydrogens (tertiary/aromatic N) is 2. The van der Waals surface area contributed by atoms with E-state index in [1.165, 1.54) is 11.3 Å². The van der Waals surface area contributed by atoms with Gasteiger partial charge in [0, 0.05) is 24.8 Å². The average Bonchev–Trinajstić information content (AvgIpc) is 3.55. The first-order chi connectivity index (χ1) is 16.0. The summed E-state index contributed by atoms with van der Waals surface area (Å²) in [5, 5.41) is 4.79. The summed E-state index contributed by atoms with van der Waals surface area (Å²) in [6, 6.07) is 19.5. The topological polar surface area (TPSA) is 69.7 Å². The summed E-state index contributed by atoms with van der Waals surface area (Å²) in [5.41, 5.74) is 2.16. The quantitative estimate of drug-likeness (QED) is 0.572. The maximum atomic E-state index is 13.4. The smallest absolute Gasteiger partial charge is 0.264 e. The molecule has 2 atom stereocenters. The van der Waals surface area contributed by atoms with Crippen molar-refractivity contribution in [3.63, 3.8) is 0 Å². The number of carbonyl (C=O) groups is 3. The Hall–Kier alpha value is -3.45. The second-order valence-electron chi connectivity index (χ2n) is 8.20. The molecule has 0 spiro atoms. The van der Waals surface area contributed by atoms with Crippen molar-refractivity contribution in [2.45, 2.75) is 31.8 Å². The fourth-order valence-corrected chi connectivity index (χ4v) is 4.81. The van der Waals surface area contributed by atoms with Crippen LogP contribution in [0.2, 0.25) is 0 Å². The maximum absolute atomic E-state index is 13.4. The van der Waals surface area contributed by atoms with Gasteiger partial charge in [-0.1, -0.05) is 36.4 Å². The second-order valence-corrected chi connectivity index (χ2v) is 9.15. The number of carbonyl (C=O) groups excluding carboxylic acids is 3. The maximum Gasteiger partial charge on any atom is 0.264 e. The van der Waals surface area contributed by atoms with Gasteiger partial charge in [0.05, 0.1) is 10.9 Å². The number of hydrogen-bond acceptors (Lipinski definition) is 4. The summed E-state index contributed by atoms with van der Waals surface area (Å²) in [7, 11) is 1.77. The lowest BCUT2D eigenvalue weighted by atomic mass is 10.0. The lowest BCUT2D eigenvalue weighted by Crippen LogP contribution is -2.47. The molecule has 2 aromatic carbocycles. The van der Waals surface area contributed by atoms with Gasteiger partial charge in [-0.25, -0.2) is 0 Å². The second kappa shape index (κ2) is 10.0. The van der Waals surface area contributed by atoms with E-state index in [-0.39, 0.29) is 23.8 Å². The van der Waals surface area contributed by atoms with Crippen LogP contribution in [0.25, 0.3) is 0 Å². The third-order valence-electron chi connectivity index (χ3n) is 6.12. The Kier molecular flexibility index (Phi) is 6.89. The van der Waals surface area contributed by atoms with E-state index in [9.17, 15) is 14.4 Å². The summed E-state index contributed by atoms with van der Waals surface area (Å²) in [6.45, 7) is 2.55. The molecular formula is C26H27N3O3S. The zero-order valence-corrected chi connectivity index (χ0v) is 19.5. The number of anilines is 1. The molecule has 0 unspecified atom stereocenters. The first-order valence-electron chi connectivity index (χ1n) is 11.0. The molecule has 3 aromatic rings. The summed E-state index contributed by atoms with van der Waals surface area (Å²) >= 11 is 1.40. The summed E-state index contributed by atoms with van der Waals surface area (Å²) in [6.07, 6.45) is 1.48. The van der Waals surface area contributed by atoms with E-state index < -0.39 is 6.04 Å². The van der Waals surface area contributed by atoms with E-state index in [1.54, 1.807) is 35.0 Å². The summed E-state index contributed by atoms with van der Waals surface area (Å²) in [4.78, 5) is 42.8. The van der Waals surface area contributed by atoms with E-state index >= 15 is 0 Å². The van der Waals surface area contributed by atoms with Gasteiger partial charge in [0.25, 0.3) is 11.8 Å². The van der Waals surface area contributed by atoms with Crippen LogP contribution in [0.5, 0.6) is 0 Å². The molecule has 1 saturated heterocycles. The Balaban J connectivity index is 1.45. The SMILES string of the molecule is C[C@@H](c1cccc(NC(=O)c2ccccc2)c1)N(C)C(=O)[C@H]1CCCN1C(=O)c1cccs1. The Labute approximate surface area is 197 Å². The van der Waals surface area contributed by atoms with Crippen LogP contribution in [0.1, 0.15) is 51.4 Å². The Morgan fingerprint density at radius 1 is 1.06 bits per heavy atom. The molecule has 0 saturated carbocycles. The molecule has 6 nitrogen and oxygen atoms in total. The van der Waals surface area contributed by atoms with Crippen LogP contribution in [0.4, 0.5) is 5.69 Å². The molecule has 33 heavy (non-hydrogen) atoms. The fourth-order valence-electron chi connectivity index (χ4n) is 4.13. The van der Waals surface area contributed by atoms with Gasteiger partial charge in [-0.3, -0.25) is 14.4 Å². The Morgan fingerprint density at radius 2 is 1.85 bits per heavy atom. The molecule has 0 bridgehead atoms. The van der Waals surface area contributed by atoms with Crippen molar-refractivity contribution < 1.29 is 14.4 Å². The van der Waals surface area contributed by atoms with Gasteiger partial charge >= 0.3 is 0 Å². The lowest BCUT2D eigenvalue weighted by Gasteiger charge is -2.31. The van der Waals surface area contributed by atoms with Gasteiger partial charge in [0.1, 0.15) is 6.04 Å². The standard InChI is InChI=1S/C26H27N3O3S/c1-18(20-11-6-12-21(17-20)27-24(30)19-9-4-3-5-10-19)28(2)25(31)22-13-7-15-29(22)26(32)23-14-8-16-33-23/h3-6,8-12,14,16-18,22H,7,13,15H2,1-2H3,(H,27,30)/t18-,22+/m0/s1.